The molecule has 1 aromatic rings. The topological polar surface area (TPSA) is 76.1 Å². The van der Waals surface area contributed by atoms with Crippen molar-refractivity contribution >= 4 is 27.5 Å². The van der Waals surface area contributed by atoms with E-state index in [1.165, 1.54) is 11.5 Å². The summed E-state index contributed by atoms with van der Waals surface area (Å²) in [6, 6.07) is 0. The summed E-state index contributed by atoms with van der Waals surface area (Å²) in [4.78, 5) is 12.2. The van der Waals surface area contributed by atoms with Crippen LogP contribution in [0.3, 0.4) is 0 Å². The quantitative estimate of drug-likeness (QED) is 0.806. The van der Waals surface area contributed by atoms with Crippen LogP contribution in [0, 0.1) is 13.8 Å². The Morgan fingerprint density at radius 1 is 1.43 bits per heavy atom. The van der Waals surface area contributed by atoms with Gasteiger partial charge in [0.05, 0.1) is 17.5 Å². The van der Waals surface area contributed by atoms with Crippen LogP contribution >= 0.6 is 11.5 Å². The van der Waals surface area contributed by atoms with Crippen LogP contribution in [0.4, 0.5) is 0 Å². The average Bonchev–Trinajstić information content (AvgIpc) is 2.27. The summed E-state index contributed by atoms with van der Waals surface area (Å²) in [6.07, 6.45) is 0.940. The molecule has 0 bridgehead atoms. The van der Waals surface area contributed by atoms with E-state index in [1.54, 1.807) is 13.8 Å². The monoisotopic (exact) mass is 234 g/mol. The van der Waals surface area contributed by atoms with Gasteiger partial charge in [-0.3, -0.25) is 4.79 Å². The number of aryl methyl sites for hydroxylation is 2. The molecule has 0 aliphatic rings. The summed E-state index contributed by atoms with van der Waals surface area (Å²) in [5.74, 6) is -0.615. The van der Waals surface area contributed by atoms with Crippen molar-refractivity contribution in [3.05, 3.63) is 16.1 Å². The highest BCUT2D eigenvalue weighted by Crippen LogP contribution is 2.16. The molecule has 1 N–H and O–H groups in total. The lowest BCUT2D eigenvalue weighted by atomic mass is 10.2. The predicted molar refractivity (Wildman–Crippen MR) is 53.9 cm³/mol. The van der Waals surface area contributed by atoms with Crippen LogP contribution in [0.5, 0.6) is 0 Å². The van der Waals surface area contributed by atoms with Gasteiger partial charge in [0, 0.05) is 4.88 Å². The van der Waals surface area contributed by atoms with E-state index in [0.717, 1.165) is 6.26 Å². The molecule has 0 atom stereocenters. The van der Waals surface area contributed by atoms with Crippen LogP contribution in [0.25, 0.3) is 0 Å². The van der Waals surface area contributed by atoms with Gasteiger partial charge < -0.3 is 0 Å². The SMILES string of the molecule is Cc1nsc(C)c1C(=O)NS(C)(=O)=O. The Kier molecular flexibility index (Phi) is 2.91. The van der Waals surface area contributed by atoms with Crippen molar-refractivity contribution in [3.8, 4) is 0 Å². The van der Waals surface area contributed by atoms with E-state index in [9.17, 15) is 13.2 Å². The molecule has 0 saturated carbocycles. The Hall–Kier alpha value is -0.950. The summed E-state index contributed by atoms with van der Waals surface area (Å²) in [5.41, 5.74) is 0.897. The number of carbonyl (C=O) groups is 1. The molecule has 0 aliphatic carbocycles. The Labute approximate surface area is 86.4 Å². The molecule has 1 amide bonds. The van der Waals surface area contributed by atoms with Gasteiger partial charge in [-0.25, -0.2) is 13.1 Å². The zero-order valence-electron chi connectivity index (χ0n) is 7.99. The van der Waals surface area contributed by atoms with Crippen molar-refractivity contribution in [2.75, 3.05) is 6.26 Å². The van der Waals surface area contributed by atoms with E-state index in [4.69, 9.17) is 0 Å². The van der Waals surface area contributed by atoms with Gasteiger partial charge >= 0.3 is 0 Å². The van der Waals surface area contributed by atoms with Gasteiger partial charge in [0.1, 0.15) is 0 Å². The second-order valence-electron chi connectivity index (χ2n) is 2.90. The first kappa shape index (κ1) is 11.1. The first-order valence-electron chi connectivity index (χ1n) is 3.76. The molecular weight excluding hydrogens is 224 g/mol. The van der Waals surface area contributed by atoms with Crippen LogP contribution < -0.4 is 4.72 Å². The van der Waals surface area contributed by atoms with E-state index in [-0.39, 0.29) is 0 Å². The van der Waals surface area contributed by atoms with Crippen LogP contribution in [0.1, 0.15) is 20.9 Å². The Morgan fingerprint density at radius 3 is 2.36 bits per heavy atom. The lowest BCUT2D eigenvalue weighted by Crippen LogP contribution is -2.29. The number of rotatable bonds is 2. The third-order valence-electron chi connectivity index (χ3n) is 1.54. The molecule has 78 valence electrons. The first-order chi connectivity index (χ1) is 6.31. The van der Waals surface area contributed by atoms with Crippen molar-refractivity contribution in [1.82, 2.24) is 9.10 Å². The molecular formula is C7H10N2O3S2. The van der Waals surface area contributed by atoms with Crippen molar-refractivity contribution in [3.63, 3.8) is 0 Å². The predicted octanol–water partition coefficient (Wildman–Crippen LogP) is 0.449. The van der Waals surface area contributed by atoms with Gasteiger partial charge in [-0.2, -0.15) is 4.37 Å². The van der Waals surface area contributed by atoms with Crippen molar-refractivity contribution < 1.29 is 13.2 Å². The average molecular weight is 234 g/mol. The fourth-order valence-corrected chi connectivity index (χ4v) is 2.16. The van der Waals surface area contributed by atoms with Gasteiger partial charge in [-0.05, 0) is 25.4 Å². The number of hydrogen-bond donors (Lipinski definition) is 1. The van der Waals surface area contributed by atoms with Gasteiger partial charge in [-0.15, -0.1) is 0 Å². The Morgan fingerprint density at radius 2 is 2.00 bits per heavy atom. The highest BCUT2D eigenvalue weighted by atomic mass is 32.2. The maximum Gasteiger partial charge on any atom is 0.267 e. The molecule has 0 aliphatic heterocycles. The second-order valence-corrected chi connectivity index (χ2v) is 5.63. The molecule has 14 heavy (non-hydrogen) atoms. The number of nitrogens with one attached hydrogen (secondary N) is 1. The molecule has 0 spiro atoms. The number of aromatic nitrogens is 1. The molecule has 5 nitrogen and oxygen atoms in total. The van der Waals surface area contributed by atoms with Crippen LogP contribution in [-0.4, -0.2) is 25.0 Å². The highest BCUT2D eigenvalue weighted by molar-refractivity contribution is 7.89. The number of sulfonamides is 1. The summed E-state index contributed by atoms with van der Waals surface area (Å²) in [7, 11) is -3.51. The van der Waals surface area contributed by atoms with E-state index < -0.39 is 15.9 Å². The molecule has 1 rings (SSSR count). The molecule has 0 unspecified atom stereocenters. The Bertz CT molecular complexity index is 442. The summed E-state index contributed by atoms with van der Waals surface area (Å²) < 4.78 is 27.5. The van der Waals surface area contributed by atoms with E-state index in [1.807, 2.05) is 4.72 Å². The Balaban J connectivity index is 3.02. The minimum Gasteiger partial charge on any atom is -0.268 e. The van der Waals surface area contributed by atoms with Crippen molar-refractivity contribution in [2.45, 2.75) is 13.8 Å². The zero-order chi connectivity index (χ0) is 10.9. The molecule has 0 fully saturated rings. The van der Waals surface area contributed by atoms with Crippen LogP contribution in [0.2, 0.25) is 0 Å². The third kappa shape index (κ3) is 2.52. The molecule has 1 heterocycles. The van der Waals surface area contributed by atoms with Gasteiger partial charge in [-0.1, -0.05) is 0 Å². The summed E-state index contributed by atoms with van der Waals surface area (Å²) >= 11 is 1.18. The normalized spacial score (nSPS) is 11.4. The molecule has 1 aromatic heterocycles. The van der Waals surface area contributed by atoms with Gasteiger partial charge in [0.15, 0.2) is 0 Å². The zero-order valence-corrected chi connectivity index (χ0v) is 9.62. The number of amides is 1. The van der Waals surface area contributed by atoms with Crippen molar-refractivity contribution in [1.29, 1.82) is 0 Å². The molecule has 0 saturated heterocycles. The van der Waals surface area contributed by atoms with Crippen LogP contribution in [-0.2, 0) is 10.0 Å². The van der Waals surface area contributed by atoms with E-state index in [0.29, 0.717) is 16.1 Å². The van der Waals surface area contributed by atoms with Crippen LogP contribution in [0.15, 0.2) is 0 Å². The lowest BCUT2D eigenvalue weighted by Gasteiger charge is -2.01. The largest absolute Gasteiger partial charge is 0.268 e. The fourth-order valence-electron chi connectivity index (χ4n) is 1.03. The van der Waals surface area contributed by atoms with E-state index in [2.05, 4.69) is 4.37 Å². The van der Waals surface area contributed by atoms with Crippen molar-refractivity contribution in [2.24, 2.45) is 0 Å². The maximum atomic E-state index is 11.4. The fraction of sp³-hybridized carbons (Fsp3) is 0.429. The molecule has 0 aromatic carbocycles. The second kappa shape index (κ2) is 3.66. The van der Waals surface area contributed by atoms with Gasteiger partial charge in [0.2, 0.25) is 10.0 Å². The first-order valence-corrected chi connectivity index (χ1v) is 6.42. The van der Waals surface area contributed by atoms with E-state index >= 15 is 0 Å². The summed E-state index contributed by atoms with van der Waals surface area (Å²) in [6.45, 7) is 3.39. The smallest absolute Gasteiger partial charge is 0.267 e. The molecule has 7 heteroatoms. The third-order valence-corrected chi connectivity index (χ3v) is 2.94. The number of hydrogen-bond acceptors (Lipinski definition) is 5. The minimum absolute atomic E-state index is 0.348. The maximum absolute atomic E-state index is 11.4. The lowest BCUT2D eigenvalue weighted by molar-refractivity contribution is 0.0981. The van der Waals surface area contributed by atoms with Gasteiger partial charge in [0.25, 0.3) is 5.91 Å². The highest BCUT2D eigenvalue weighted by Gasteiger charge is 2.18. The molecule has 0 radical (unpaired) electrons. The summed E-state index contributed by atoms with van der Waals surface area (Å²) in [5, 5.41) is 0. The number of nitrogens with zero attached hydrogens (tertiary/aromatic N) is 1. The standard InChI is InChI=1S/C7H10N2O3S2/c1-4-6(5(2)13-8-4)7(10)9-14(3,11)12/h1-3H3,(H,9,10). The number of carbonyl (C=O) groups excluding carboxylic acids is 1. The minimum atomic E-state index is -3.51.